The number of hydrogen-bond donors (Lipinski definition) is 0. The second-order valence-corrected chi connectivity index (χ2v) is 30.1. The van der Waals surface area contributed by atoms with Gasteiger partial charge < -0.3 is 9.13 Å². The van der Waals surface area contributed by atoms with Crippen LogP contribution in [0.4, 0.5) is 0 Å². The van der Waals surface area contributed by atoms with Gasteiger partial charge in [-0.1, -0.05) is 328 Å². The lowest BCUT2D eigenvalue weighted by atomic mass is 9.94. The first-order chi connectivity index (χ1) is 58.5. The van der Waals surface area contributed by atoms with Gasteiger partial charge in [0.2, 0.25) is 11.9 Å². The van der Waals surface area contributed by atoms with E-state index in [4.69, 9.17) is 29.9 Å². The molecule has 118 heavy (non-hydrogen) atoms. The van der Waals surface area contributed by atoms with Crippen LogP contribution in [0.2, 0.25) is 0 Å². The zero-order valence-corrected chi connectivity index (χ0v) is 63.7. The van der Waals surface area contributed by atoms with Crippen molar-refractivity contribution in [2.24, 2.45) is 0 Å². The molecule has 0 fully saturated rings. The van der Waals surface area contributed by atoms with E-state index in [1.54, 1.807) is 0 Å². The second-order valence-electron chi connectivity index (χ2n) is 30.1. The summed E-state index contributed by atoms with van der Waals surface area (Å²) >= 11 is 0. The molecule has 0 saturated carbocycles. The summed E-state index contributed by atoms with van der Waals surface area (Å²) in [6.45, 7) is 0. The fourth-order valence-electron chi connectivity index (χ4n) is 17.8. The van der Waals surface area contributed by atoms with Crippen molar-refractivity contribution < 1.29 is 0 Å². The van der Waals surface area contributed by atoms with E-state index in [9.17, 15) is 0 Å². The summed E-state index contributed by atoms with van der Waals surface area (Å²) in [5, 5.41) is 8.91. The molecule has 0 aliphatic heterocycles. The fraction of sp³-hybridized carbons (Fsp3) is 0. The van der Waals surface area contributed by atoms with Gasteiger partial charge in [0.25, 0.3) is 0 Å². The average Bonchev–Trinajstić information content (AvgIpc) is 1.55. The molecule has 0 radical (unpaired) electrons. The van der Waals surface area contributed by atoms with Gasteiger partial charge in [0, 0.05) is 76.7 Å². The molecule has 10 heteroatoms. The molecule has 17 aromatic carbocycles. The summed E-state index contributed by atoms with van der Waals surface area (Å²) in [4.78, 5) is 33.3. The van der Waals surface area contributed by atoms with Crippen LogP contribution in [0.5, 0.6) is 0 Å². The molecule has 0 spiro atoms. The van der Waals surface area contributed by atoms with E-state index in [0.717, 1.165) is 188 Å². The molecular weight excluding hydrogens is 1440 g/mol. The maximum absolute atomic E-state index is 5.73. The molecule has 0 aliphatic carbocycles. The Morgan fingerprint density at radius 3 is 0.873 bits per heavy atom. The molecular formula is C108H68N10. The Labute approximate surface area is 679 Å². The van der Waals surface area contributed by atoms with Crippen LogP contribution in [0.15, 0.2) is 413 Å². The van der Waals surface area contributed by atoms with Crippen LogP contribution in [0.3, 0.4) is 0 Å². The summed E-state index contributed by atoms with van der Waals surface area (Å²) in [6, 6.07) is 147. The molecule has 0 N–H and O–H groups in total. The first-order valence-corrected chi connectivity index (χ1v) is 39.9. The second kappa shape index (κ2) is 28.0. The van der Waals surface area contributed by atoms with Crippen LogP contribution in [-0.4, -0.2) is 48.2 Å². The number of nitrogens with zero attached hydrogens (tertiary/aromatic N) is 10. The number of para-hydroxylation sites is 5. The molecule has 6 aromatic heterocycles. The highest BCUT2D eigenvalue weighted by Crippen LogP contribution is 2.46. The molecule has 0 atom stereocenters. The Morgan fingerprint density at radius 2 is 0.424 bits per heavy atom. The van der Waals surface area contributed by atoms with Crippen LogP contribution in [0, 0.1) is 0 Å². The highest BCUT2D eigenvalue weighted by Gasteiger charge is 2.27. The van der Waals surface area contributed by atoms with Crippen molar-refractivity contribution in [3.63, 3.8) is 0 Å². The van der Waals surface area contributed by atoms with Gasteiger partial charge in [-0.15, -0.1) is 0 Å². The largest absolute Gasteiger partial charge is 0.309 e. The van der Waals surface area contributed by atoms with Crippen molar-refractivity contribution in [2.45, 2.75) is 0 Å². The molecule has 0 bridgehead atoms. The third-order valence-electron chi connectivity index (χ3n) is 23.3. The summed E-state index contributed by atoms with van der Waals surface area (Å²) in [5.74, 6) is 3.25. The lowest BCUT2D eigenvalue weighted by Crippen LogP contribution is -2.07. The standard InChI is InChI=1S/C108H68N10/c1-6-26-69(27-7-1)73-52-56-77(57-53-73)103-109-104(112-107(111-103)117-93-44-20-16-40-87(93)89-60-62-97-99(101(89)117)91-42-18-22-46-95(91)115(97)85-37-14-5-15-38-85)78-58-54-75(55-59-78)74-48-50-76(51-49-74)83-65-82(72-32-12-4-13-33-72)66-84(67-83)106-110-105(81-36-24-34-79(64-81)70-28-8-2-9-29-70)113-108(114-106)118-94-45-21-17-41-88(94)90-61-63-98-100(102(90)118)92-43-19-23-47-96(92)116(98)86-39-25-35-80(68-86)71-30-10-3-11-31-71/h1-68H. The Morgan fingerprint density at radius 1 is 0.144 bits per heavy atom. The normalized spacial score (nSPS) is 11.7. The lowest BCUT2D eigenvalue weighted by molar-refractivity contribution is 0.955. The minimum atomic E-state index is 0.507. The predicted octanol–water partition coefficient (Wildman–Crippen LogP) is 27.1. The van der Waals surface area contributed by atoms with E-state index in [0.29, 0.717) is 35.2 Å². The quantitative estimate of drug-likeness (QED) is 0.108. The number of hydrogen-bond acceptors (Lipinski definition) is 6. The zero-order valence-electron chi connectivity index (χ0n) is 63.7. The number of benzene rings is 17. The zero-order chi connectivity index (χ0) is 77.7. The first kappa shape index (κ1) is 67.6. The molecule has 0 unspecified atom stereocenters. The minimum Gasteiger partial charge on any atom is -0.309 e. The SMILES string of the molecule is c1ccc(-c2ccc(-c3nc(-c4ccc(-c5ccc(-c6cc(-c7ccccc7)cc(-c7nc(-c8cccc(-c9ccccc9)c8)nc(-n8c9ccccc9c9ccc%10c(c%11ccccc%11n%10-c%10cccc(-c%11ccccc%11)c%10)c98)n7)c6)cc5)cc4)nc(-n4c5ccccc5c5ccc6c(c7ccccc7n6-c6ccccc6)c54)n3)cc2)cc1. The van der Waals surface area contributed by atoms with Crippen LogP contribution >= 0.6 is 0 Å². The van der Waals surface area contributed by atoms with Crippen molar-refractivity contribution in [2.75, 3.05) is 0 Å². The average molecular weight is 1510 g/mol. The maximum atomic E-state index is 5.73. The summed E-state index contributed by atoms with van der Waals surface area (Å²) in [5.41, 5.74) is 27.0. The number of aromatic nitrogens is 10. The summed E-state index contributed by atoms with van der Waals surface area (Å²) in [6.07, 6.45) is 0. The van der Waals surface area contributed by atoms with Gasteiger partial charge in [-0.25, -0.2) is 9.97 Å². The highest BCUT2D eigenvalue weighted by molar-refractivity contribution is 6.27. The minimum absolute atomic E-state index is 0.507. The van der Waals surface area contributed by atoms with Crippen molar-refractivity contribution >= 4 is 87.2 Å². The van der Waals surface area contributed by atoms with E-state index in [-0.39, 0.29) is 0 Å². The third-order valence-corrected chi connectivity index (χ3v) is 23.3. The molecule has 0 amide bonds. The Kier molecular flexibility index (Phi) is 16.0. The van der Waals surface area contributed by atoms with Crippen LogP contribution in [-0.2, 0) is 0 Å². The monoisotopic (exact) mass is 1500 g/mol. The van der Waals surface area contributed by atoms with Gasteiger partial charge in [-0.2, -0.15) is 19.9 Å². The van der Waals surface area contributed by atoms with Gasteiger partial charge in [-0.05, 0) is 152 Å². The van der Waals surface area contributed by atoms with Gasteiger partial charge in [0.1, 0.15) is 0 Å². The molecule has 6 heterocycles. The highest BCUT2D eigenvalue weighted by atomic mass is 15.2. The summed E-state index contributed by atoms with van der Waals surface area (Å²) in [7, 11) is 0. The first-order valence-electron chi connectivity index (χ1n) is 39.9. The van der Waals surface area contributed by atoms with E-state index < -0.39 is 0 Å². The van der Waals surface area contributed by atoms with Gasteiger partial charge in [0.05, 0.1) is 44.1 Å². The van der Waals surface area contributed by atoms with Crippen LogP contribution in [0.25, 0.3) is 223 Å². The smallest absolute Gasteiger partial charge is 0.238 e. The van der Waals surface area contributed by atoms with Crippen LogP contribution < -0.4 is 0 Å². The molecule has 550 valence electrons. The van der Waals surface area contributed by atoms with E-state index in [1.807, 2.05) is 6.07 Å². The molecule has 23 rings (SSSR count). The maximum Gasteiger partial charge on any atom is 0.238 e. The van der Waals surface area contributed by atoms with E-state index in [1.165, 1.54) is 0 Å². The van der Waals surface area contributed by atoms with Gasteiger partial charge in [0.15, 0.2) is 23.3 Å². The Hall–Kier alpha value is -16.0. The van der Waals surface area contributed by atoms with E-state index in [2.05, 4.69) is 425 Å². The molecule has 23 aromatic rings. The van der Waals surface area contributed by atoms with Crippen molar-refractivity contribution in [1.82, 2.24) is 48.2 Å². The number of rotatable bonds is 14. The Bertz CT molecular complexity index is 7870. The molecule has 0 aliphatic rings. The van der Waals surface area contributed by atoms with Crippen molar-refractivity contribution in [3.05, 3.63) is 413 Å². The summed E-state index contributed by atoms with van der Waals surface area (Å²) < 4.78 is 9.32. The molecule has 0 saturated heterocycles. The topological polar surface area (TPSA) is 97.1 Å². The predicted molar refractivity (Wildman–Crippen MR) is 485 cm³/mol. The van der Waals surface area contributed by atoms with E-state index >= 15 is 0 Å². The molecule has 10 nitrogen and oxygen atoms in total. The fourth-order valence-corrected chi connectivity index (χ4v) is 17.8. The van der Waals surface area contributed by atoms with Crippen LogP contribution in [0.1, 0.15) is 0 Å². The Balaban J connectivity index is 0.657. The third kappa shape index (κ3) is 11.5. The van der Waals surface area contributed by atoms with Crippen molar-refractivity contribution in [3.8, 4) is 136 Å². The lowest BCUT2D eigenvalue weighted by Gasteiger charge is -2.14. The van der Waals surface area contributed by atoms with Crippen molar-refractivity contribution in [1.29, 1.82) is 0 Å². The number of fused-ring (bicyclic) bond motifs is 14. The van der Waals surface area contributed by atoms with Gasteiger partial charge >= 0.3 is 0 Å². The van der Waals surface area contributed by atoms with Gasteiger partial charge in [-0.3, -0.25) is 9.13 Å².